The van der Waals surface area contributed by atoms with Crippen molar-refractivity contribution in [1.82, 2.24) is 9.78 Å². The predicted molar refractivity (Wildman–Crippen MR) is 114 cm³/mol. The van der Waals surface area contributed by atoms with Crippen LogP contribution in [0, 0.1) is 18.2 Å². The summed E-state index contributed by atoms with van der Waals surface area (Å²) in [5.74, 6) is -1.50. The molecule has 162 valence electrons. The number of halogens is 1. The molecule has 6 nitrogen and oxygen atoms in total. The van der Waals surface area contributed by atoms with E-state index in [1.165, 1.54) is 11.6 Å². The van der Waals surface area contributed by atoms with Crippen molar-refractivity contribution >= 4 is 11.6 Å². The largest absolute Gasteiger partial charge is 0.391 e. The Bertz CT molecular complexity index is 982. The van der Waals surface area contributed by atoms with Crippen molar-refractivity contribution in [2.24, 2.45) is 11.1 Å². The summed E-state index contributed by atoms with van der Waals surface area (Å²) >= 11 is 0. The van der Waals surface area contributed by atoms with E-state index in [4.69, 9.17) is 10.8 Å². The number of aliphatic hydroxyl groups is 1. The van der Waals surface area contributed by atoms with Gasteiger partial charge in [0.1, 0.15) is 5.82 Å². The topological polar surface area (TPSA) is 93.2 Å². The van der Waals surface area contributed by atoms with Crippen LogP contribution in [0.2, 0.25) is 0 Å². The highest BCUT2D eigenvalue weighted by molar-refractivity contribution is 5.99. The Labute approximate surface area is 176 Å². The molecule has 0 spiro atoms. The van der Waals surface area contributed by atoms with Gasteiger partial charge in [0.2, 0.25) is 0 Å². The minimum absolute atomic E-state index is 0.149. The molecular formula is C23H31FN4O2. The van der Waals surface area contributed by atoms with Gasteiger partial charge in [-0.15, -0.1) is 0 Å². The van der Waals surface area contributed by atoms with E-state index in [2.05, 4.69) is 19.2 Å². The average molecular weight is 415 g/mol. The lowest BCUT2D eigenvalue weighted by atomic mass is 9.76. The van der Waals surface area contributed by atoms with Crippen molar-refractivity contribution in [2.45, 2.75) is 77.9 Å². The number of aryl methyl sites for hydroxylation is 1. The van der Waals surface area contributed by atoms with E-state index in [1.807, 2.05) is 11.6 Å². The van der Waals surface area contributed by atoms with Crippen molar-refractivity contribution in [3.05, 3.63) is 40.5 Å². The molecular weight excluding hydrogens is 383 g/mol. The maximum Gasteiger partial charge on any atom is 0.253 e. The van der Waals surface area contributed by atoms with Crippen LogP contribution < -0.4 is 11.1 Å². The summed E-state index contributed by atoms with van der Waals surface area (Å²) in [6.07, 6.45) is 5.75. The van der Waals surface area contributed by atoms with Crippen LogP contribution in [-0.2, 0) is 12.8 Å². The molecule has 2 aliphatic rings. The summed E-state index contributed by atoms with van der Waals surface area (Å²) in [5.41, 5.74) is 9.63. The van der Waals surface area contributed by atoms with Gasteiger partial charge in [0.15, 0.2) is 0 Å². The Hall–Kier alpha value is -2.41. The zero-order chi connectivity index (χ0) is 21.6. The number of benzene rings is 1. The third-order valence-electron chi connectivity index (χ3n) is 6.62. The van der Waals surface area contributed by atoms with Gasteiger partial charge in [0, 0.05) is 11.8 Å². The molecule has 1 aromatic carbocycles. The summed E-state index contributed by atoms with van der Waals surface area (Å²) in [4.78, 5) is 12.0. The van der Waals surface area contributed by atoms with Crippen molar-refractivity contribution < 1.29 is 14.3 Å². The number of primary amides is 1. The maximum absolute atomic E-state index is 15.0. The first-order valence-electron chi connectivity index (χ1n) is 10.8. The number of carbonyl (C=O) groups excluding carboxylic acids is 1. The standard InChI is InChI=1S/C23H31FN4O2/c1-13-15-8-9-23(2,3)12-19(15)28(27-13)14-10-16(24)21(22(25)30)18(11-14)26-17-6-4-5-7-20(17)29/h10-11,17,20,26,29H,4-9,12H2,1-3H3,(H2,25,30). The van der Waals surface area contributed by atoms with Gasteiger partial charge in [0.25, 0.3) is 5.91 Å². The Balaban J connectivity index is 1.79. The van der Waals surface area contributed by atoms with E-state index in [1.54, 1.807) is 6.07 Å². The monoisotopic (exact) mass is 414 g/mol. The normalized spacial score (nSPS) is 23.1. The summed E-state index contributed by atoms with van der Waals surface area (Å²) in [5, 5.41) is 18.3. The van der Waals surface area contributed by atoms with Gasteiger partial charge in [-0.2, -0.15) is 5.10 Å². The number of amides is 1. The van der Waals surface area contributed by atoms with E-state index < -0.39 is 17.8 Å². The molecule has 2 unspecified atom stereocenters. The average Bonchev–Trinajstić information content (AvgIpc) is 2.97. The first-order chi connectivity index (χ1) is 14.2. The lowest BCUT2D eigenvalue weighted by Gasteiger charge is -2.31. The molecule has 4 rings (SSSR count). The number of nitrogens with two attached hydrogens (primary N) is 1. The van der Waals surface area contributed by atoms with Crippen LogP contribution in [0.4, 0.5) is 10.1 Å². The van der Waals surface area contributed by atoms with E-state index in [9.17, 15) is 9.90 Å². The van der Waals surface area contributed by atoms with Crippen molar-refractivity contribution in [1.29, 1.82) is 0 Å². The van der Waals surface area contributed by atoms with Gasteiger partial charge in [-0.25, -0.2) is 9.07 Å². The fraction of sp³-hybridized carbons (Fsp3) is 0.565. The summed E-state index contributed by atoms with van der Waals surface area (Å²) in [6.45, 7) is 6.45. The molecule has 1 saturated carbocycles. The number of aromatic nitrogens is 2. The van der Waals surface area contributed by atoms with Crippen molar-refractivity contribution in [2.75, 3.05) is 5.32 Å². The molecule has 30 heavy (non-hydrogen) atoms. The molecule has 0 bridgehead atoms. The molecule has 7 heteroatoms. The number of aliphatic hydroxyl groups excluding tert-OH is 1. The van der Waals surface area contributed by atoms with Gasteiger partial charge in [0.05, 0.1) is 34.8 Å². The second-order valence-electron chi connectivity index (χ2n) is 9.58. The molecule has 0 aliphatic heterocycles. The summed E-state index contributed by atoms with van der Waals surface area (Å²) in [7, 11) is 0. The third kappa shape index (κ3) is 3.83. The van der Waals surface area contributed by atoms with Gasteiger partial charge in [-0.05, 0) is 56.1 Å². The number of hydrogen-bond acceptors (Lipinski definition) is 4. The quantitative estimate of drug-likeness (QED) is 0.712. The zero-order valence-corrected chi connectivity index (χ0v) is 18.0. The summed E-state index contributed by atoms with van der Waals surface area (Å²) in [6, 6.07) is 2.83. The molecule has 2 aliphatic carbocycles. The Morgan fingerprint density at radius 2 is 2.07 bits per heavy atom. The smallest absolute Gasteiger partial charge is 0.253 e. The van der Waals surface area contributed by atoms with Crippen molar-refractivity contribution in [3.63, 3.8) is 0 Å². The SMILES string of the molecule is Cc1nn(-c2cc(F)c(C(N)=O)c(NC3CCCCC3O)c2)c2c1CCC(C)(C)C2. The molecule has 4 N–H and O–H groups in total. The fourth-order valence-electron chi connectivity index (χ4n) is 4.89. The maximum atomic E-state index is 15.0. The molecule has 2 atom stereocenters. The van der Waals surface area contributed by atoms with Crippen molar-refractivity contribution in [3.8, 4) is 5.69 Å². The third-order valence-corrected chi connectivity index (χ3v) is 6.62. The molecule has 1 heterocycles. The predicted octanol–water partition coefficient (Wildman–Crippen LogP) is 3.65. The fourth-order valence-corrected chi connectivity index (χ4v) is 4.89. The molecule has 1 amide bonds. The Kier molecular flexibility index (Phi) is 5.34. The number of nitrogens with zero attached hydrogens (tertiary/aromatic N) is 2. The van der Waals surface area contributed by atoms with Crippen LogP contribution in [0.25, 0.3) is 5.69 Å². The number of carbonyl (C=O) groups is 1. The van der Waals surface area contributed by atoms with E-state index >= 15 is 4.39 Å². The Morgan fingerprint density at radius 3 is 2.77 bits per heavy atom. The van der Waals surface area contributed by atoms with Gasteiger partial charge < -0.3 is 16.2 Å². The highest BCUT2D eigenvalue weighted by atomic mass is 19.1. The second kappa shape index (κ2) is 7.69. The van der Waals surface area contributed by atoms with Crippen LogP contribution >= 0.6 is 0 Å². The molecule has 1 fully saturated rings. The van der Waals surface area contributed by atoms with Crippen LogP contribution in [0.3, 0.4) is 0 Å². The second-order valence-corrected chi connectivity index (χ2v) is 9.58. The first-order valence-corrected chi connectivity index (χ1v) is 10.8. The number of anilines is 1. The lowest BCUT2D eigenvalue weighted by molar-refractivity contribution is 0.0995. The van der Waals surface area contributed by atoms with Gasteiger partial charge in [-0.3, -0.25) is 4.79 Å². The summed E-state index contributed by atoms with van der Waals surface area (Å²) < 4.78 is 16.9. The zero-order valence-electron chi connectivity index (χ0n) is 18.0. The number of nitrogens with one attached hydrogen (secondary N) is 1. The minimum Gasteiger partial charge on any atom is -0.391 e. The number of hydrogen-bond donors (Lipinski definition) is 3. The minimum atomic E-state index is -0.827. The molecule has 0 radical (unpaired) electrons. The van der Waals surface area contributed by atoms with E-state index in [0.29, 0.717) is 17.8 Å². The van der Waals surface area contributed by atoms with Crippen LogP contribution in [0.1, 0.15) is 73.3 Å². The van der Waals surface area contributed by atoms with Crippen LogP contribution in [0.15, 0.2) is 12.1 Å². The van der Waals surface area contributed by atoms with Crippen LogP contribution in [-0.4, -0.2) is 32.9 Å². The Morgan fingerprint density at radius 1 is 1.33 bits per heavy atom. The number of fused-ring (bicyclic) bond motifs is 1. The van der Waals surface area contributed by atoms with Gasteiger partial charge in [-0.1, -0.05) is 26.7 Å². The molecule has 0 saturated heterocycles. The molecule has 1 aromatic heterocycles. The van der Waals surface area contributed by atoms with Crippen LogP contribution in [0.5, 0.6) is 0 Å². The van der Waals surface area contributed by atoms with E-state index in [-0.39, 0.29) is 17.0 Å². The van der Waals surface area contributed by atoms with Gasteiger partial charge >= 0.3 is 0 Å². The first kappa shape index (κ1) is 20.8. The van der Waals surface area contributed by atoms with E-state index in [0.717, 1.165) is 49.9 Å². The molecule has 2 aromatic rings. The number of rotatable bonds is 4. The highest BCUT2D eigenvalue weighted by Gasteiger charge is 2.31. The lowest BCUT2D eigenvalue weighted by Crippen LogP contribution is -2.37. The highest BCUT2D eigenvalue weighted by Crippen LogP contribution is 2.37.